The smallest absolute Gasteiger partial charge is 0.395 e. The van der Waals surface area contributed by atoms with Crippen LogP contribution < -0.4 is 16.0 Å². The lowest BCUT2D eigenvalue weighted by atomic mass is 9.85. The number of ether oxygens (including phenoxy) is 1. The van der Waals surface area contributed by atoms with Crippen LogP contribution in [0.5, 0.6) is 0 Å². The quantitative estimate of drug-likeness (QED) is 0.215. The summed E-state index contributed by atoms with van der Waals surface area (Å²) in [6, 6.07) is 21.3. The van der Waals surface area contributed by atoms with Crippen molar-refractivity contribution in [2.75, 3.05) is 56.2 Å². The number of β-amino-alcohol motifs (C(OH)–C–C–N with tert-alkyl or cyclic N) is 1. The molecule has 14 heteroatoms. The van der Waals surface area contributed by atoms with Crippen LogP contribution in [-0.2, 0) is 20.5 Å². The number of amides is 3. The van der Waals surface area contributed by atoms with Gasteiger partial charge in [-0.1, -0.05) is 43.0 Å². The zero-order valence-corrected chi connectivity index (χ0v) is 28.0. The van der Waals surface area contributed by atoms with Gasteiger partial charge in [-0.25, -0.2) is 4.68 Å². The molecular weight excluding hydrogens is 665 g/mol. The highest BCUT2D eigenvalue weighted by molar-refractivity contribution is 6.03. The Labute approximate surface area is 293 Å². The average molecular weight is 705 g/mol. The molecule has 0 radical (unpaired) electrons. The van der Waals surface area contributed by atoms with E-state index in [-0.39, 0.29) is 42.9 Å². The Bertz CT molecular complexity index is 1890. The van der Waals surface area contributed by atoms with E-state index in [0.717, 1.165) is 53.8 Å². The molecule has 3 heterocycles. The largest absolute Gasteiger partial charge is 0.416 e. The number of carbonyl (C=O) groups is 3. The number of hydrogen-bond acceptors (Lipinski definition) is 7. The number of nitrogens with zero attached hydrogens (tertiary/aromatic N) is 4. The summed E-state index contributed by atoms with van der Waals surface area (Å²) in [5, 5.41) is 17.5. The summed E-state index contributed by atoms with van der Waals surface area (Å²) in [6.07, 6.45) is -4.19. The van der Waals surface area contributed by atoms with Crippen molar-refractivity contribution in [2.24, 2.45) is 5.73 Å². The van der Waals surface area contributed by atoms with Crippen molar-refractivity contribution in [1.29, 1.82) is 0 Å². The van der Waals surface area contributed by atoms with Crippen LogP contribution in [0.4, 0.5) is 24.7 Å². The molecule has 0 spiro atoms. The van der Waals surface area contributed by atoms with E-state index in [1.54, 1.807) is 9.58 Å². The molecule has 0 saturated carbocycles. The number of fused-ring (bicyclic) bond motifs is 1. The number of alkyl halides is 3. The minimum Gasteiger partial charge on any atom is -0.395 e. The first-order valence-corrected chi connectivity index (χ1v) is 16.3. The monoisotopic (exact) mass is 704 g/mol. The van der Waals surface area contributed by atoms with E-state index >= 15 is 0 Å². The number of hydrogen-bond donors (Lipinski definition) is 3. The molecule has 1 unspecified atom stereocenters. The van der Waals surface area contributed by atoms with Gasteiger partial charge in [0.05, 0.1) is 43.3 Å². The van der Waals surface area contributed by atoms with Crippen LogP contribution in [0, 0.1) is 6.92 Å². The minimum atomic E-state index is -4.44. The summed E-state index contributed by atoms with van der Waals surface area (Å²) in [5.74, 6) is -0.736. The number of morpholine rings is 1. The lowest BCUT2D eigenvalue weighted by Gasteiger charge is -2.33. The third-order valence-electron chi connectivity index (χ3n) is 8.55. The maximum atomic E-state index is 13.3. The molecular formula is C37H39F3N6O5. The predicted molar refractivity (Wildman–Crippen MR) is 186 cm³/mol. The third-order valence-corrected chi connectivity index (χ3v) is 8.55. The molecule has 6 rings (SSSR count). The zero-order valence-electron chi connectivity index (χ0n) is 28.0. The number of nitrogens with two attached hydrogens (primary N) is 1. The normalized spacial score (nSPS) is 16.1. The van der Waals surface area contributed by atoms with Crippen molar-refractivity contribution in [3.05, 3.63) is 119 Å². The van der Waals surface area contributed by atoms with Gasteiger partial charge in [-0.05, 0) is 55.0 Å². The average Bonchev–Trinajstić information content (AvgIpc) is 3.47. The second-order valence-corrected chi connectivity index (χ2v) is 12.1. The molecule has 11 nitrogen and oxygen atoms in total. The van der Waals surface area contributed by atoms with Crippen LogP contribution in [0.25, 0.3) is 5.69 Å². The van der Waals surface area contributed by atoms with Gasteiger partial charge in [0.25, 0.3) is 5.91 Å². The molecule has 3 amide bonds. The lowest BCUT2D eigenvalue weighted by molar-refractivity contribution is -0.137. The highest BCUT2D eigenvalue weighted by Gasteiger charge is 2.38. The highest BCUT2D eigenvalue weighted by atomic mass is 19.4. The van der Waals surface area contributed by atoms with E-state index in [1.807, 2.05) is 61.5 Å². The zero-order chi connectivity index (χ0) is 36.7. The van der Waals surface area contributed by atoms with Gasteiger partial charge in [-0.3, -0.25) is 24.2 Å². The summed E-state index contributed by atoms with van der Waals surface area (Å²) < 4.78 is 43.4. The fraction of sp³-hybridized carbons (Fsp3) is 0.297. The maximum Gasteiger partial charge on any atom is 0.416 e. The lowest BCUT2D eigenvalue weighted by Crippen LogP contribution is -2.40. The SMILES string of the molecule is C=C(CN1CCOCC1)C(=O)Nc1cccc(C2CC(=O)N(CCO)c3c2c(C)nn3-c2ccccc2)c1.NC(=O)c1cccc(C(F)(F)F)c1. The van der Waals surface area contributed by atoms with E-state index in [9.17, 15) is 32.7 Å². The highest BCUT2D eigenvalue weighted by Crippen LogP contribution is 2.43. The van der Waals surface area contributed by atoms with Crippen LogP contribution in [0.15, 0.2) is 91.0 Å². The molecule has 51 heavy (non-hydrogen) atoms. The second-order valence-electron chi connectivity index (χ2n) is 12.1. The first kappa shape index (κ1) is 37.0. The molecule has 0 aliphatic carbocycles. The summed E-state index contributed by atoms with van der Waals surface area (Å²) in [5.41, 5.74) is 8.46. The van der Waals surface area contributed by atoms with Gasteiger partial charge in [0.15, 0.2) is 0 Å². The molecule has 4 aromatic rings. The molecule has 268 valence electrons. The summed E-state index contributed by atoms with van der Waals surface area (Å²) >= 11 is 0. The number of aryl methyl sites for hydroxylation is 1. The second kappa shape index (κ2) is 16.1. The van der Waals surface area contributed by atoms with Gasteiger partial charge in [0.2, 0.25) is 11.8 Å². The Morgan fingerprint density at radius 1 is 1.04 bits per heavy atom. The minimum absolute atomic E-state index is 0.0815. The standard InChI is InChI=1S/C29H33N5O4.C8H6F3NO/c1-20(19-32-12-15-38-16-13-32)28(37)30-23-8-6-7-22(17-23)25-18-26(36)33(11-14-35)29-27(25)21(2)31-34(29)24-9-4-3-5-10-24;9-8(10,11)6-3-1-2-5(4-6)7(12)13/h3-10,17,25,35H,1,11-16,18-19H2,2H3,(H,30,37);1-4H,(H2,12,13). The van der Waals surface area contributed by atoms with E-state index in [1.165, 1.54) is 6.07 Å². The number of anilines is 2. The topological polar surface area (TPSA) is 143 Å². The van der Waals surface area contributed by atoms with Crippen LogP contribution >= 0.6 is 0 Å². The van der Waals surface area contributed by atoms with Crippen LogP contribution in [0.1, 0.15) is 45.1 Å². The molecule has 2 aliphatic rings. The Balaban J connectivity index is 0.000000328. The van der Waals surface area contributed by atoms with Crippen molar-refractivity contribution in [3.63, 3.8) is 0 Å². The number of primary amides is 1. The van der Waals surface area contributed by atoms with Crippen molar-refractivity contribution in [1.82, 2.24) is 14.7 Å². The fourth-order valence-electron chi connectivity index (χ4n) is 6.07. The molecule has 4 N–H and O–H groups in total. The molecule has 1 atom stereocenters. The van der Waals surface area contributed by atoms with Crippen molar-refractivity contribution in [3.8, 4) is 5.69 Å². The number of benzene rings is 3. The molecule has 3 aromatic carbocycles. The fourth-order valence-corrected chi connectivity index (χ4v) is 6.07. The molecule has 0 bridgehead atoms. The van der Waals surface area contributed by atoms with Crippen molar-refractivity contribution in [2.45, 2.75) is 25.4 Å². The van der Waals surface area contributed by atoms with E-state index in [0.29, 0.717) is 36.8 Å². The first-order valence-electron chi connectivity index (χ1n) is 16.3. The Morgan fingerprint density at radius 3 is 2.41 bits per heavy atom. The number of rotatable bonds is 9. The van der Waals surface area contributed by atoms with Crippen LogP contribution in [0.2, 0.25) is 0 Å². The van der Waals surface area contributed by atoms with Crippen LogP contribution in [0.3, 0.4) is 0 Å². The van der Waals surface area contributed by atoms with Gasteiger partial charge < -0.3 is 20.9 Å². The summed E-state index contributed by atoms with van der Waals surface area (Å²) in [4.78, 5) is 40.5. The molecule has 1 aromatic heterocycles. The Hall–Kier alpha value is -5.31. The number of nitrogens with one attached hydrogen (secondary N) is 1. The number of halogens is 3. The van der Waals surface area contributed by atoms with Gasteiger partial charge >= 0.3 is 6.18 Å². The van der Waals surface area contributed by atoms with Gasteiger partial charge in [0.1, 0.15) is 5.82 Å². The van der Waals surface area contributed by atoms with E-state index in [2.05, 4.69) is 16.8 Å². The molecule has 2 aliphatic heterocycles. The van der Waals surface area contributed by atoms with E-state index < -0.39 is 17.6 Å². The van der Waals surface area contributed by atoms with Gasteiger partial charge in [-0.2, -0.15) is 18.3 Å². The Morgan fingerprint density at radius 2 is 1.75 bits per heavy atom. The number of aliphatic hydroxyl groups is 1. The van der Waals surface area contributed by atoms with E-state index in [4.69, 9.17) is 15.6 Å². The number of aliphatic hydroxyl groups excluding tert-OH is 1. The third kappa shape index (κ3) is 8.89. The molecule has 1 saturated heterocycles. The van der Waals surface area contributed by atoms with Gasteiger partial charge in [0, 0.05) is 54.4 Å². The van der Waals surface area contributed by atoms with Crippen LogP contribution in [-0.4, -0.2) is 83.5 Å². The van der Waals surface area contributed by atoms with Crippen molar-refractivity contribution >= 4 is 29.2 Å². The number of para-hydroxylation sites is 1. The van der Waals surface area contributed by atoms with Crippen molar-refractivity contribution < 1.29 is 37.4 Å². The first-order chi connectivity index (χ1) is 24.4. The summed E-state index contributed by atoms with van der Waals surface area (Å²) in [7, 11) is 0. The number of aromatic nitrogens is 2. The van der Waals surface area contributed by atoms with Gasteiger partial charge in [-0.15, -0.1) is 0 Å². The number of carbonyl (C=O) groups excluding carboxylic acids is 3. The molecule has 1 fully saturated rings. The maximum absolute atomic E-state index is 13.3. The Kier molecular flexibility index (Phi) is 11.7. The predicted octanol–water partition coefficient (Wildman–Crippen LogP) is 4.67. The summed E-state index contributed by atoms with van der Waals surface area (Å²) in [6.45, 7) is 9.36.